The van der Waals surface area contributed by atoms with E-state index in [-0.39, 0.29) is 17.5 Å². The first-order valence-electron chi connectivity index (χ1n) is 15.6. The molecule has 1 aliphatic rings. The van der Waals surface area contributed by atoms with Gasteiger partial charge in [0.2, 0.25) is 0 Å². The van der Waals surface area contributed by atoms with E-state index in [1.165, 1.54) is 4.90 Å². The molecule has 0 bridgehead atoms. The van der Waals surface area contributed by atoms with Gasteiger partial charge in [0.25, 0.3) is 14.2 Å². The molecular formula is C36H43Cl2N3O4Si. The van der Waals surface area contributed by atoms with E-state index in [4.69, 9.17) is 27.6 Å². The lowest BCUT2D eigenvalue weighted by Gasteiger charge is -2.54. The maximum Gasteiger partial charge on any atom is 0.407 e. The SMILES string of the molecule is Cn1c(C(=O)NC2CCN(C(=O)O)C(C(C)(C)C)C2O[Si](c2ccccc2)(c2ccccc2)C(C)(C)C)cc2c(Cl)c(Cl)ccc21. The van der Waals surface area contributed by atoms with Gasteiger partial charge in [0.15, 0.2) is 0 Å². The molecule has 4 aromatic rings. The number of benzene rings is 3. The van der Waals surface area contributed by atoms with Gasteiger partial charge in [0.1, 0.15) is 5.69 Å². The lowest BCUT2D eigenvalue weighted by atomic mass is 9.77. The average Bonchev–Trinajstić information content (AvgIpc) is 3.34. The fourth-order valence-corrected chi connectivity index (χ4v) is 12.3. The second-order valence-corrected chi connectivity index (χ2v) is 19.3. The summed E-state index contributed by atoms with van der Waals surface area (Å²) < 4.78 is 9.49. The third-order valence-electron chi connectivity index (χ3n) is 9.25. The van der Waals surface area contributed by atoms with Crippen molar-refractivity contribution in [2.45, 2.75) is 71.2 Å². The fraction of sp³-hybridized carbons (Fsp3) is 0.389. The quantitative estimate of drug-likeness (QED) is 0.209. The summed E-state index contributed by atoms with van der Waals surface area (Å²) in [5, 5.41) is 17.1. The van der Waals surface area contributed by atoms with Crippen LogP contribution < -0.4 is 15.7 Å². The number of likely N-dealkylation sites (tertiary alicyclic amines) is 1. The van der Waals surface area contributed by atoms with Gasteiger partial charge in [-0.2, -0.15) is 0 Å². The summed E-state index contributed by atoms with van der Waals surface area (Å²) in [5.74, 6) is -0.289. The largest absolute Gasteiger partial charge is 0.465 e. The number of halogens is 2. The van der Waals surface area contributed by atoms with Crippen LogP contribution in [0.3, 0.4) is 0 Å². The Labute approximate surface area is 282 Å². The molecule has 0 spiro atoms. The smallest absolute Gasteiger partial charge is 0.407 e. The highest BCUT2D eigenvalue weighted by atomic mass is 35.5. The van der Waals surface area contributed by atoms with Crippen molar-refractivity contribution in [3.8, 4) is 0 Å². The van der Waals surface area contributed by atoms with Gasteiger partial charge in [-0.15, -0.1) is 0 Å². The third-order valence-corrected chi connectivity index (χ3v) is 15.1. The molecule has 1 fully saturated rings. The van der Waals surface area contributed by atoms with Crippen molar-refractivity contribution in [1.82, 2.24) is 14.8 Å². The van der Waals surface area contributed by atoms with Crippen molar-refractivity contribution in [2.24, 2.45) is 12.5 Å². The number of carbonyl (C=O) groups excluding carboxylic acids is 1. The zero-order valence-electron chi connectivity index (χ0n) is 27.5. The van der Waals surface area contributed by atoms with Crippen LogP contribution in [0.5, 0.6) is 0 Å². The molecular weight excluding hydrogens is 637 g/mol. The highest BCUT2D eigenvalue weighted by molar-refractivity contribution is 6.99. The minimum atomic E-state index is -3.15. The van der Waals surface area contributed by atoms with Crippen molar-refractivity contribution in [2.75, 3.05) is 6.54 Å². The van der Waals surface area contributed by atoms with Crippen molar-refractivity contribution in [3.05, 3.63) is 94.6 Å². The van der Waals surface area contributed by atoms with Crippen molar-refractivity contribution >= 4 is 64.8 Å². The number of piperidine rings is 1. The number of fused-ring (bicyclic) bond motifs is 1. The lowest BCUT2D eigenvalue weighted by Crippen LogP contribution is -2.74. The van der Waals surface area contributed by atoms with Gasteiger partial charge < -0.3 is 24.3 Å². The molecule has 3 atom stereocenters. The van der Waals surface area contributed by atoms with Crippen LogP contribution in [0.4, 0.5) is 4.79 Å². The van der Waals surface area contributed by atoms with E-state index in [1.807, 2.05) is 70.3 Å². The number of nitrogens with zero attached hydrogens (tertiary/aromatic N) is 2. The number of carboxylic acid groups (broad SMARTS) is 1. The average molecular weight is 681 g/mol. The molecule has 10 heteroatoms. The maximum absolute atomic E-state index is 14.1. The molecule has 5 rings (SSSR count). The maximum atomic E-state index is 14.1. The molecule has 0 aliphatic carbocycles. The van der Waals surface area contributed by atoms with Crippen LogP contribution >= 0.6 is 23.2 Å². The molecule has 2 amide bonds. The fourth-order valence-electron chi connectivity index (χ4n) is 7.16. The van der Waals surface area contributed by atoms with Crippen molar-refractivity contribution in [3.63, 3.8) is 0 Å². The van der Waals surface area contributed by atoms with Crippen molar-refractivity contribution < 1.29 is 19.1 Å². The Morgan fingerprint density at radius 2 is 1.48 bits per heavy atom. The van der Waals surface area contributed by atoms with Crippen LogP contribution in [0.25, 0.3) is 10.9 Å². The van der Waals surface area contributed by atoms with Crippen molar-refractivity contribution in [1.29, 1.82) is 0 Å². The summed E-state index contributed by atoms with van der Waals surface area (Å²) in [5.41, 5.74) is 0.700. The lowest BCUT2D eigenvalue weighted by molar-refractivity contribution is -0.0390. The summed E-state index contributed by atoms with van der Waals surface area (Å²) >= 11 is 12.8. The Hall–Kier alpha value is -3.30. The highest BCUT2D eigenvalue weighted by Crippen LogP contribution is 2.42. The molecule has 0 saturated carbocycles. The number of amides is 2. The van der Waals surface area contributed by atoms with E-state index < -0.39 is 38.0 Å². The molecule has 2 heterocycles. The monoisotopic (exact) mass is 679 g/mol. The van der Waals surface area contributed by atoms with Crippen LogP contribution in [-0.4, -0.2) is 59.6 Å². The van der Waals surface area contributed by atoms with Crippen LogP contribution in [0.2, 0.25) is 15.1 Å². The Kier molecular flexibility index (Phi) is 9.41. The van der Waals surface area contributed by atoms with E-state index in [2.05, 4.69) is 50.4 Å². The molecule has 3 unspecified atom stereocenters. The summed E-state index contributed by atoms with van der Waals surface area (Å²) in [7, 11) is -1.33. The van der Waals surface area contributed by atoms with Crippen LogP contribution in [0.1, 0.15) is 58.5 Å². The van der Waals surface area contributed by atoms with Gasteiger partial charge in [-0.1, -0.05) is 125 Å². The molecule has 1 saturated heterocycles. The zero-order chi connectivity index (χ0) is 33.6. The van der Waals surface area contributed by atoms with E-state index >= 15 is 0 Å². The van der Waals surface area contributed by atoms with E-state index in [9.17, 15) is 14.7 Å². The van der Waals surface area contributed by atoms with E-state index in [1.54, 1.807) is 16.7 Å². The molecule has 2 N–H and O–H groups in total. The zero-order valence-corrected chi connectivity index (χ0v) is 30.0. The molecule has 3 aromatic carbocycles. The summed E-state index contributed by atoms with van der Waals surface area (Å²) in [6.07, 6.45) is -1.27. The summed E-state index contributed by atoms with van der Waals surface area (Å²) in [4.78, 5) is 28.4. The Bertz CT molecular complexity index is 1690. The van der Waals surface area contributed by atoms with Crippen LogP contribution in [-0.2, 0) is 11.5 Å². The number of rotatable bonds is 6. The number of hydrogen-bond donors (Lipinski definition) is 2. The van der Waals surface area contributed by atoms with Gasteiger partial charge in [-0.3, -0.25) is 4.79 Å². The second-order valence-electron chi connectivity index (χ2n) is 14.3. The Morgan fingerprint density at radius 1 is 0.913 bits per heavy atom. The third kappa shape index (κ3) is 6.08. The minimum Gasteiger partial charge on any atom is -0.465 e. The van der Waals surface area contributed by atoms with Gasteiger partial charge in [-0.25, -0.2) is 4.79 Å². The topological polar surface area (TPSA) is 83.8 Å². The normalized spacial score (nSPS) is 19.3. The predicted octanol–water partition coefficient (Wildman–Crippen LogP) is 7.33. The molecule has 1 aliphatic heterocycles. The first-order chi connectivity index (χ1) is 21.6. The van der Waals surface area contributed by atoms with Crippen LogP contribution in [0, 0.1) is 5.41 Å². The minimum absolute atomic E-state index is 0.263. The van der Waals surface area contributed by atoms with Gasteiger partial charge >= 0.3 is 6.09 Å². The number of nitrogens with one attached hydrogen (secondary N) is 1. The number of carbonyl (C=O) groups is 2. The van der Waals surface area contributed by atoms with E-state index in [0.717, 1.165) is 15.9 Å². The summed E-state index contributed by atoms with van der Waals surface area (Å²) in [6.45, 7) is 13.0. The first-order valence-corrected chi connectivity index (χ1v) is 18.3. The van der Waals surface area contributed by atoms with E-state index in [0.29, 0.717) is 27.5 Å². The predicted molar refractivity (Wildman–Crippen MR) is 189 cm³/mol. The second kappa shape index (κ2) is 12.7. The van der Waals surface area contributed by atoms with Crippen LogP contribution in [0.15, 0.2) is 78.9 Å². The molecule has 7 nitrogen and oxygen atoms in total. The molecule has 0 radical (unpaired) electrons. The number of hydrogen-bond acceptors (Lipinski definition) is 3. The number of aromatic nitrogens is 1. The standard InChI is InChI=1S/C36H43Cl2N3O4Si/c1-35(2,3)32-31(45-46(36(4,5)6,23-14-10-8-11-15-23)24-16-12-9-13-17-24)27(20-21-41(32)34(43)44)39-33(42)29-22-25-28(40(29)7)19-18-26(37)30(25)38/h8-19,22,27,31-32H,20-21H2,1-7H3,(H,39,42)(H,43,44). The van der Waals surface area contributed by atoms with Gasteiger partial charge in [0.05, 0.1) is 28.2 Å². The summed E-state index contributed by atoms with van der Waals surface area (Å²) in [6, 6.07) is 24.8. The van der Waals surface area contributed by atoms with Gasteiger partial charge in [0, 0.05) is 24.5 Å². The molecule has 244 valence electrons. The first kappa shape index (κ1) is 34.0. The molecule has 1 aromatic heterocycles. The highest BCUT2D eigenvalue weighted by Gasteiger charge is 2.56. The Balaban J connectivity index is 1.67. The molecule has 46 heavy (non-hydrogen) atoms. The van der Waals surface area contributed by atoms with Gasteiger partial charge in [-0.05, 0) is 45.4 Å². The number of aryl methyl sites for hydroxylation is 1. The Morgan fingerprint density at radius 3 is 1.98 bits per heavy atom.